The number of amides is 1. The van der Waals surface area contributed by atoms with Crippen molar-refractivity contribution >= 4 is 5.91 Å². The van der Waals surface area contributed by atoms with Gasteiger partial charge in [0.25, 0.3) is 0 Å². The first-order valence-corrected chi connectivity index (χ1v) is 6.62. The molecule has 0 aliphatic heterocycles. The highest BCUT2D eigenvalue weighted by Gasteiger charge is 2.03. The third kappa shape index (κ3) is 4.12. The zero-order valence-electron chi connectivity index (χ0n) is 11.9. The summed E-state index contributed by atoms with van der Waals surface area (Å²) in [6, 6.07) is 17.9. The van der Waals surface area contributed by atoms with Crippen LogP contribution in [0, 0.1) is 0 Å². The third-order valence-corrected chi connectivity index (χ3v) is 3.13. The maximum Gasteiger partial charge on any atom is 0.219 e. The molecule has 1 amide bonds. The highest BCUT2D eigenvalue weighted by Crippen LogP contribution is 2.15. The number of benzene rings is 2. The van der Waals surface area contributed by atoms with E-state index < -0.39 is 0 Å². The van der Waals surface area contributed by atoms with Crippen LogP contribution in [0.15, 0.2) is 54.6 Å². The monoisotopic (exact) mass is 269 g/mol. The third-order valence-electron chi connectivity index (χ3n) is 3.13. The van der Waals surface area contributed by atoms with E-state index in [4.69, 9.17) is 4.74 Å². The molecule has 3 nitrogen and oxygen atoms in total. The lowest BCUT2D eigenvalue weighted by Crippen LogP contribution is -2.22. The SMILES string of the molecule is CC(=O)N(C)Cc1ccc(OCc2ccccc2)cc1. The summed E-state index contributed by atoms with van der Waals surface area (Å²) in [4.78, 5) is 12.9. The summed E-state index contributed by atoms with van der Waals surface area (Å²) in [5.74, 6) is 0.900. The van der Waals surface area contributed by atoms with Crippen LogP contribution in [0.4, 0.5) is 0 Å². The molecule has 0 aliphatic rings. The second kappa shape index (κ2) is 6.75. The summed E-state index contributed by atoms with van der Waals surface area (Å²) in [5.41, 5.74) is 2.24. The molecule has 0 atom stereocenters. The summed E-state index contributed by atoms with van der Waals surface area (Å²) in [6.45, 7) is 2.75. The molecule has 2 aromatic carbocycles. The highest BCUT2D eigenvalue weighted by molar-refractivity contribution is 5.72. The van der Waals surface area contributed by atoms with Gasteiger partial charge in [0.15, 0.2) is 0 Å². The number of carbonyl (C=O) groups is 1. The van der Waals surface area contributed by atoms with Crippen molar-refractivity contribution in [2.45, 2.75) is 20.1 Å². The molecule has 0 aromatic heterocycles. The Balaban J connectivity index is 1.90. The van der Waals surface area contributed by atoms with Crippen molar-refractivity contribution in [1.82, 2.24) is 4.90 Å². The number of hydrogen-bond acceptors (Lipinski definition) is 2. The molecular weight excluding hydrogens is 250 g/mol. The molecule has 0 bridgehead atoms. The van der Waals surface area contributed by atoms with E-state index in [0.717, 1.165) is 16.9 Å². The van der Waals surface area contributed by atoms with Gasteiger partial charge in [0, 0.05) is 20.5 Å². The second-order valence-corrected chi connectivity index (χ2v) is 4.79. The Labute approximate surface area is 119 Å². The second-order valence-electron chi connectivity index (χ2n) is 4.79. The zero-order valence-corrected chi connectivity index (χ0v) is 11.9. The zero-order chi connectivity index (χ0) is 14.4. The Morgan fingerprint density at radius 1 is 1.00 bits per heavy atom. The van der Waals surface area contributed by atoms with E-state index in [1.54, 1.807) is 18.9 Å². The van der Waals surface area contributed by atoms with E-state index in [2.05, 4.69) is 0 Å². The minimum absolute atomic E-state index is 0.0643. The lowest BCUT2D eigenvalue weighted by molar-refractivity contribution is -0.128. The van der Waals surface area contributed by atoms with Gasteiger partial charge in [-0.05, 0) is 23.3 Å². The number of rotatable bonds is 5. The Kier molecular flexibility index (Phi) is 4.77. The number of ether oxygens (including phenoxy) is 1. The van der Waals surface area contributed by atoms with Crippen LogP contribution in [0.5, 0.6) is 5.75 Å². The molecule has 0 aliphatic carbocycles. The average Bonchev–Trinajstić information content (AvgIpc) is 2.47. The number of hydrogen-bond donors (Lipinski definition) is 0. The quantitative estimate of drug-likeness (QED) is 0.834. The number of nitrogens with zero attached hydrogens (tertiary/aromatic N) is 1. The normalized spacial score (nSPS) is 10.1. The minimum atomic E-state index is 0.0643. The van der Waals surface area contributed by atoms with Gasteiger partial charge in [0.05, 0.1) is 0 Å². The van der Waals surface area contributed by atoms with Gasteiger partial charge in [-0.3, -0.25) is 4.79 Å². The Hall–Kier alpha value is -2.29. The fourth-order valence-electron chi connectivity index (χ4n) is 1.82. The van der Waals surface area contributed by atoms with Gasteiger partial charge in [0.2, 0.25) is 5.91 Å². The fourth-order valence-corrected chi connectivity index (χ4v) is 1.82. The largest absolute Gasteiger partial charge is 0.489 e. The van der Waals surface area contributed by atoms with Crippen LogP contribution in [0.3, 0.4) is 0 Å². The van der Waals surface area contributed by atoms with Gasteiger partial charge in [0.1, 0.15) is 12.4 Å². The fraction of sp³-hybridized carbons (Fsp3) is 0.235. The standard InChI is InChI=1S/C17H19NO2/c1-14(19)18(2)12-15-8-10-17(11-9-15)20-13-16-6-4-3-5-7-16/h3-11H,12-13H2,1-2H3. The topological polar surface area (TPSA) is 29.5 Å². The van der Waals surface area contributed by atoms with Gasteiger partial charge in [-0.2, -0.15) is 0 Å². The molecule has 0 unspecified atom stereocenters. The van der Waals surface area contributed by atoms with E-state index in [1.807, 2.05) is 54.6 Å². The van der Waals surface area contributed by atoms with Crippen molar-refractivity contribution < 1.29 is 9.53 Å². The van der Waals surface area contributed by atoms with Crippen molar-refractivity contribution in [2.24, 2.45) is 0 Å². The van der Waals surface area contributed by atoms with Gasteiger partial charge in [-0.15, -0.1) is 0 Å². The van der Waals surface area contributed by atoms with Crippen LogP contribution in [0.25, 0.3) is 0 Å². The Morgan fingerprint density at radius 3 is 2.25 bits per heavy atom. The molecule has 0 saturated carbocycles. The van der Waals surface area contributed by atoms with Crippen LogP contribution in [0.2, 0.25) is 0 Å². The van der Waals surface area contributed by atoms with Crippen molar-refractivity contribution in [2.75, 3.05) is 7.05 Å². The molecular formula is C17H19NO2. The van der Waals surface area contributed by atoms with Crippen molar-refractivity contribution in [3.63, 3.8) is 0 Å². The lowest BCUT2D eigenvalue weighted by Gasteiger charge is -2.15. The van der Waals surface area contributed by atoms with Crippen molar-refractivity contribution in [3.05, 3.63) is 65.7 Å². The predicted molar refractivity (Wildman–Crippen MR) is 79.4 cm³/mol. The van der Waals surface area contributed by atoms with Crippen LogP contribution in [0.1, 0.15) is 18.1 Å². The molecule has 104 valence electrons. The summed E-state index contributed by atoms with van der Waals surface area (Å²) >= 11 is 0. The molecule has 20 heavy (non-hydrogen) atoms. The minimum Gasteiger partial charge on any atom is -0.489 e. The number of carbonyl (C=O) groups excluding carboxylic acids is 1. The first-order valence-electron chi connectivity index (χ1n) is 6.62. The molecule has 0 saturated heterocycles. The van der Waals surface area contributed by atoms with Crippen molar-refractivity contribution in [3.8, 4) is 5.75 Å². The van der Waals surface area contributed by atoms with Gasteiger partial charge >= 0.3 is 0 Å². The van der Waals surface area contributed by atoms with E-state index in [0.29, 0.717) is 13.2 Å². The smallest absolute Gasteiger partial charge is 0.219 e. The van der Waals surface area contributed by atoms with Crippen molar-refractivity contribution in [1.29, 1.82) is 0 Å². The molecule has 0 N–H and O–H groups in total. The van der Waals surface area contributed by atoms with Gasteiger partial charge in [-0.25, -0.2) is 0 Å². The lowest BCUT2D eigenvalue weighted by atomic mass is 10.2. The average molecular weight is 269 g/mol. The molecule has 0 fully saturated rings. The van der Waals surface area contributed by atoms with Gasteiger partial charge in [-0.1, -0.05) is 42.5 Å². The first kappa shape index (κ1) is 14.1. The molecule has 2 rings (SSSR count). The Morgan fingerprint density at radius 2 is 1.65 bits per heavy atom. The van der Waals surface area contributed by atoms with Crippen LogP contribution >= 0.6 is 0 Å². The molecule has 0 heterocycles. The maximum absolute atomic E-state index is 11.2. The molecule has 0 radical (unpaired) electrons. The predicted octanol–water partition coefficient (Wildman–Crippen LogP) is 3.24. The Bertz CT molecular complexity index is 549. The summed E-state index contributed by atoms with van der Waals surface area (Å²) in [7, 11) is 1.79. The van der Waals surface area contributed by atoms with E-state index in [9.17, 15) is 4.79 Å². The highest BCUT2D eigenvalue weighted by atomic mass is 16.5. The van der Waals surface area contributed by atoms with E-state index >= 15 is 0 Å². The maximum atomic E-state index is 11.2. The van der Waals surface area contributed by atoms with Crippen LogP contribution < -0.4 is 4.74 Å². The first-order chi connectivity index (χ1) is 9.65. The molecule has 0 spiro atoms. The van der Waals surface area contributed by atoms with Crippen LogP contribution in [-0.2, 0) is 17.9 Å². The summed E-state index contributed by atoms with van der Waals surface area (Å²) in [6.07, 6.45) is 0. The summed E-state index contributed by atoms with van der Waals surface area (Å²) < 4.78 is 5.72. The molecule has 2 aromatic rings. The van der Waals surface area contributed by atoms with Gasteiger partial charge < -0.3 is 9.64 Å². The van der Waals surface area contributed by atoms with E-state index in [1.165, 1.54) is 0 Å². The van der Waals surface area contributed by atoms with E-state index in [-0.39, 0.29) is 5.91 Å². The van der Waals surface area contributed by atoms with Crippen LogP contribution in [-0.4, -0.2) is 17.9 Å². The summed E-state index contributed by atoms with van der Waals surface area (Å²) in [5, 5.41) is 0. The molecule has 3 heteroatoms.